The van der Waals surface area contributed by atoms with Crippen LogP contribution in [0.4, 0.5) is 0 Å². The highest BCUT2D eigenvalue weighted by molar-refractivity contribution is 7.85. The third-order valence-electron chi connectivity index (χ3n) is 5.36. The van der Waals surface area contributed by atoms with Gasteiger partial charge < -0.3 is 28.5 Å². The van der Waals surface area contributed by atoms with Crippen molar-refractivity contribution in [3.8, 4) is 11.5 Å². The summed E-state index contributed by atoms with van der Waals surface area (Å²) in [5.41, 5.74) is -1.97. The molecule has 0 aromatic heterocycles. The standard InChI is InChI=1S/C27H35O10PS/c1-26(2,16-28)18-34-25(35-19-27(3,4)17-29)37-23(15-39(31,32)33)14-24(38-30)20-9-8-12-22(13-20)36-21-10-6-5-7-11-21/h5-13,16-17,23-25H,14-15,18-19H2,1-4H3,(H,31,32,33). The minimum Gasteiger partial charge on any atom is -0.457 e. The summed E-state index contributed by atoms with van der Waals surface area (Å²) in [6.07, 6.45) is 0.0309. The largest absolute Gasteiger partial charge is 0.457 e. The Hall–Kier alpha value is -2.53. The average Bonchev–Trinajstić information content (AvgIpc) is 2.88. The quantitative estimate of drug-likeness (QED) is 0.107. The van der Waals surface area contributed by atoms with Crippen molar-refractivity contribution in [3.63, 3.8) is 0 Å². The summed E-state index contributed by atoms with van der Waals surface area (Å²) in [6.45, 7) is 4.74. The maximum Gasteiger partial charge on any atom is 0.271 e. The lowest BCUT2D eigenvalue weighted by Crippen LogP contribution is -2.37. The van der Waals surface area contributed by atoms with Crippen LogP contribution in [-0.4, -0.2) is 57.1 Å². The Kier molecular flexibility index (Phi) is 12.4. The predicted molar refractivity (Wildman–Crippen MR) is 145 cm³/mol. The summed E-state index contributed by atoms with van der Waals surface area (Å²) >= 11 is 0. The van der Waals surface area contributed by atoms with E-state index in [4.69, 9.17) is 18.9 Å². The van der Waals surface area contributed by atoms with Crippen molar-refractivity contribution in [3.05, 3.63) is 60.2 Å². The lowest BCUT2D eigenvalue weighted by molar-refractivity contribution is -0.312. The van der Waals surface area contributed by atoms with Crippen LogP contribution in [0.15, 0.2) is 54.6 Å². The maximum atomic E-state index is 12.2. The van der Waals surface area contributed by atoms with Gasteiger partial charge in [0, 0.05) is 10.8 Å². The van der Waals surface area contributed by atoms with Gasteiger partial charge in [-0.3, -0.25) is 9.12 Å². The van der Waals surface area contributed by atoms with Gasteiger partial charge in [0.05, 0.1) is 25.0 Å². The molecule has 0 amide bonds. The molecule has 0 fully saturated rings. The molecule has 0 radical (unpaired) electrons. The van der Waals surface area contributed by atoms with Gasteiger partial charge in [0.2, 0.25) is 0 Å². The summed E-state index contributed by atoms with van der Waals surface area (Å²) in [4.78, 5) is 22.7. The fraction of sp³-hybridized carbons (Fsp3) is 0.481. The van der Waals surface area contributed by atoms with Gasteiger partial charge in [-0.05, 0) is 36.2 Å². The second kappa shape index (κ2) is 14.7. The van der Waals surface area contributed by atoms with Crippen molar-refractivity contribution in [2.24, 2.45) is 10.8 Å². The Morgan fingerprint density at radius 2 is 1.46 bits per heavy atom. The first-order valence-electron chi connectivity index (χ1n) is 12.2. The predicted octanol–water partition coefficient (Wildman–Crippen LogP) is 5.24. The van der Waals surface area contributed by atoms with E-state index in [2.05, 4.69) is 0 Å². The molecule has 10 nitrogen and oxygen atoms in total. The molecule has 0 heterocycles. The van der Waals surface area contributed by atoms with Gasteiger partial charge in [-0.1, -0.05) is 58.0 Å². The molecule has 2 aromatic rings. The average molecular weight is 583 g/mol. The summed E-state index contributed by atoms with van der Waals surface area (Å²) in [6, 6.07) is 15.9. The maximum absolute atomic E-state index is 12.2. The smallest absolute Gasteiger partial charge is 0.271 e. The molecule has 0 saturated heterocycles. The fourth-order valence-electron chi connectivity index (χ4n) is 3.21. The molecule has 2 unspecified atom stereocenters. The zero-order valence-corrected chi connectivity index (χ0v) is 24.1. The number of benzene rings is 2. The van der Waals surface area contributed by atoms with Crippen molar-refractivity contribution in [2.45, 2.75) is 52.4 Å². The Bertz CT molecular complexity index is 1160. The number of hydrogen-bond donors (Lipinski definition) is 1. The number of rotatable bonds is 18. The zero-order chi connectivity index (χ0) is 29.1. The molecule has 39 heavy (non-hydrogen) atoms. The summed E-state index contributed by atoms with van der Waals surface area (Å²) in [5, 5.41) is 0. The highest BCUT2D eigenvalue weighted by atomic mass is 32.2. The lowest BCUT2D eigenvalue weighted by Gasteiger charge is -2.29. The monoisotopic (exact) mass is 582 g/mol. The Balaban J connectivity index is 2.27. The first-order chi connectivity index (χ1) is 18.3. The van der Waals surface area contributed by atoms with Crippen molar-refractivity contribution < 1.29 is 46.1 Å². The first-order valence-corrected chi connectivity index (χ1v) is 14.7. The fourth-order valence-corrected chi connectivity index (χ4v) is 4.50. The van der Waals surface area contributed by atoms with Crippen LogP contribution in [-0.2, 0) is 38.5 Å². The van der Waals surface area contributed by atoms with Gasteiger partial charge >= 0.3 is 0 Å². The summed E-state index contributed by atoms with van der Waals surface area (Å²) in [7, 11) is -4.86. The normalized spacial score (nSPS) is 14.2. The van der Waals surface area contributed by atoms with Crippen molar-refractivity contribution >= 4 is 31.2 Å². The number of hydrogen-bond acceptors (Lipinski definition) is 9. The molecule has 214 valence electrons. The van der Waals surface area contributed by atoms with Crippen LogP contribution in [0.5, 0.6) is 11.5 Å². The Morgan fingerprint density at radius 3 is 1.97 bits per heavy atom. The molecule has 0 aliphatic heterocycles. The molecule has 12 heteroatoms. The van der Waals surface area contributed by atoms with Gasteiger partial charge in [0.15, 0.2) is 8.46 Å². The van der Waals surface area contributed by atoms with Crippen LogP contribution in [0.2, 0.25) is 0 Å². The van der Waals surface area contributed by atoms with Gasteiger partial charge in [-0.25, -0.2) is 0 Å². The van der Waals surface area contributed by atoms with Crippen LogP contribution < -0.4 is 4.74 Å². The van der Waals surface area contributed by atoms with E-state index in [1.807, 2.05) is 18.2 Å². The molecule has 0 aliphatic rings. The molecule has 2 rings (SSSR count). The number of aldehydes is 2. The van der Waals surface area contributed by atoms with Gasteiger partial charge in [0.1, 0.15) is 29.8 Å². The molecule has 0 aliphatic carbocycles. The van der Waals surface area contributed by atoms with Crippen LogP contribution in [0.3, 0.4) is 0 Å². The molecular weight excluding hydrogens is 547 g/mol. The third-order valence-corrected chi connectivity index (χ3v) is 6.91. The van der Waals surface area contributed by atoms with Gasteiger partial charge in [-0.15, -0.1) is 0 Å². The number of carbonyl (C=O) groups excluding carboxylic acids is 2. The van der Waals surface area contributed by atoms with E-state index in [1.54, 1.807) is 64.1 Å². The highest BCUT2D eigenvalue weighted by Gasteiger charge is 2.30. The first kappa shape index (κ1) is 32.7. The van der Waals surface area contributed by atoms with Crippen molar-refractivity contribution in [1.29, 1.82) is 0 Å². The molecule has 0 spiro atoms. The Labute approximate surface area is 230 Å². The molecular formula is C27H35O10PS. The molecule has 2 atom stereocenters. The lowest BCUT2D eigenvalue weighted by atomic mass is 9.97. The second-order valence-electron chi connectivity index (χ2n) is 10.5. The minimum absolute atomic E-state index is 0.114. The van der Waals surface area contributed by atoms with Crippen LogP contribution in [0, 0.1) is 10.8 Å². The molecule has 1 N–H and O–H groups in total. The number of carbonyl (C=O) groups is 2. The van der Waals surface area contributed by atoms with Crippen LogP contribution in [0.25, 0.3) is 0 Å². The van der Waals surface area contributed by atoms with Crippen LogP contribution in [0.1, 0.15) is 45.3 Å². The van der Waals surface area contributed by atoms with E-state index in [0.717, 1.165) is 0 Å². The Morgan fingerprint density at radius 1 is 0.897 bits per heavy atom. The van der Waals surface area contributed by atoms with E-state index < -0.39 is 44.9 Å². The second-order valence-corrected chi connectivity index (χ2v) is 12.8. The zero-order valence-electron chi connectivity index (χ0n) is 22.4. The number of ether oxygens (including phenoxy) is 4. The van der Waals surface area contributed by atoms with E-state index >= 15 is 0 Å². The summed E-state index contributed by atoms with van der Waals surface area (Å²) in [5.74, 6) is 0.250. The third kappa shape index (κ3) is 12.5. The van der Waals surface area contributed by atoms with Crippen molar-refractivity contribution in [1.82, 2.24) is 0 Å². The minimum atomic E-state index is -4.53. The van der Waals surface area contributed by atoms with Gasteiger partial charge in [0.25, 0.3) is 16.6 Å². The topological polar surface area (TPSA) is 142 Å². The van der Waals surface area contributed by atoms with Gasteiger partial charge in [-0.2, -0.15) is 8.42 Å². The van der Waals surface area contributed by atoms with E-state index in [1.165, 1.54) is 0 Å². The number of para-hydroxylation sites is 1. The highest BCUT2D eigenvalue weighted by Crippen LogP contribution is 2.36. The van der Waals surface area contributed by atoms with E-state index in [9.17, 15) is 27.1 Å². The SMILES string of the molecule is CC(C)(C=O)COC(OCC(C)(C)C=O)OC(CC(P=O)c1cccc(Oc2ccccc2)c1)CS(=O)(=O)O. The van der Waals surface area contributed by atoms with E-state index in [-0.39, 0.29) is 28.1 Å². The molecule has 0 bridgehead atoms. The summed E-state index contributed by atoms with van der Waals surface area (Å²) < 4.78 is 68.3. The molecule has 2 aromatic carbocycles. The van der Waals surface area contributed by atoms with Crippen molar-refractivity contribution in [2.75, 3.05) is 19.0 Å². The van der Waals surface area contributed by atoms with Crippen LogP contribution >= 0.6 is 8.46 Å². The van der Waals surface area contributed by atoms with E-state index in [0.29, 0.717) is 29.6 Å². The molecule has 0 saturated carbocycles.